The van der Waals surface area contributed by atoms with Crippen molar-refractivity contribution in [2.24, 2.45) is 0 Å². The number of ether oxygens (including phenoxy) is 1. The molecule has 0 atom stereocenters. The van der Waals surface area contributed by atoms with E-state index in [0.29, 0.717) is 17.0 Å². The second-order valence-corrected chi connectivity index (χ2v) is 4.19. The highest BCUT2D eigenvalue weighted by Gasteiger charge is 2.07. The van der Waals surface area contributed by atoms with E-state index >= 15 is 0 Å². The molecular formula is C15H13FN2O. The van der Waals surface area contributed by atoms with E-state index in [1.54, 1.807) is 18.2 Å². The molecule has 0 saturated heterocycles. The van der Waals surface area contributed by atoms with E-state index < -0.39 is 5.82 Å². The maximum atomic E-state index is 13.7. The molecule has 0 aromatic heterocycles. The van der Waals surface area contributed by atoms with Gasteiger partial charge in [-0.25, -0.2) is 4.39 Å². The topological polar surface area (TPSA) is 59.0 Å². The van der Waals surface area contributed by atoms with Crippen LogP contribution < -0.4 is 10.5 Å². The summed E-state index contributed by atoms with van der Waals surface area (Å²) in [7, 11) is 0. The van der Waals surface area contributed by atoms with Crippen LogP contribution in [0.25, 0.3) is 0 Å². The Kier molecular flexibility index (Phi) is 3.67. The predicted molar refractivity (Wildman–Crippen MR) is 71.0 cm³/mol. The Morgan fingerprint density at radius 1 is 1.32 bits per heavy atom. The fourth-order valence-corrected chi connectivity index (χ4v) is 1.67. The van der Waals surface area contributed by atoms with Gasteiger partial charge < -0.3 is 10.5 Å². The van der Waals surface area contributed by atoms with Gasteiger partial charge in [0, 0.05) is 5.56 Å². The molecule has 0 aliphatic heterocycles. The van der Waals surface area contributed by atoms with Gasteiger partial charge in [0.15, 0.2) is 0 Å². The Morgan fingerprint density at radius 2 is 2.11 bits per heavy atom. The number of rotatable bonds is 3. The van der Waals surface area contributed by atoms with Gasteiger partial charge in [-0.05, 0) is 30.7 Å². The average Bonchev–Trinajstić information content (AvgIpc) is 2.41. The van der Waals surface area contributed by atoms with Gasteiger partial charge in [0.05, 0.1) is 17.3 Å². The Bertz CT molecular complexity index is 647. The number of benzene rings is 2. The Hall–Kier alpha value is -2.54. The minimum Gasteiger partial charge on any atom is -0.487 e. The third kappa shape index (κ3) is 2.83. The van der Waals surface area contributed by atoms with Crippen LogP contribution in [0.3, 0.4) is 0 Å². The third-order valence-electron chi connectivity index (χ3n) is 2.85. The second kappa shape index (κ2) is 5.40. The minimum atomic E-state index is -0.453. The zero-order chi connectivity index (χ0) is 13.8. The van der Waals surface area contributed by atoms with E-state index in [4.69, 9.17) is 15.7 Å². The number of hydrogen-bond acceptors (Lipinski definition) is 3. The molecule has 0 unspecified atom stereocenters. The highest BCUT2D eigenvalue weighted by molar-refractivity contribution is 5.57. The first-order valence-electron chi connectivity index (χ1n) is 5.78. The fraction of sp³-hybridized carbons (Fsp3) is 0.133. The lowest BCUT2D eigenvalue weighted by Gasteiger charge is -2.11. The summed E-state index contributed by atoms with van der Waals surface area (Å²) in [5, 5.41) is 8.66. The molecule has 0 heterocycles. The SMILES string of the molecule is Cc1cccc(OCc2ccc(C#N)cc2F)c1N. The molecule has 3 nitrogen and oxygen atoms in total. The molecule has 2 N–H and O–H groups in total. The van der Waals surface area contributed by atoms with E-state index in [2.05, 4.69) is 0 Å². The van der Waals surface area contributed by atoms with Crippen LogP contribution in [-0.2, 0) is 6.61 Å². The van der Waals surface area contributed by atoms with E-state index in [1.165, 1.54) is 6.07 Å². The molecule has 4 heteroatoms. The minimum absolute atomic E-state index is 0.0746. The highest BCUT2D eigenvalue weighted by Crippen LogP contribution is 2.25. The maximum Gasteiger partial charge on any atom is 0.142 e. The molecule has 0 bridgehead atoms. The van der Waals surface area contributed by atoms with Gasteiger partial charge in [0.25, 0.3) is 0 Å². The third-order valence-corrected chi connectivity index (χ3v) is 2.85. The number of nitriles is 1. The largest absolute Gasteiger partial charge is 0.487 e. The van der Waals surface area contributed by atoms with E-state index in [-0.39, 0.29) is 12.2 Å². The van der Waals surface area contributed by atoms with Crippen molar-refractivity contribution in [3.63, 3.8) is 0 Å². The molecule has 2 aromatic rings. The van der Waals surface area contributed by atoms with Crippen molar-refractivity contribution in [3.8, 4) is 11.8 Å². The van der Waals surface area contributed by atoms with Crippen LogP contribution in [0.5, 0.6) is 5.75 Å². The van der Waals surface area contributed by atoms with Gasteiger partial charge >= 0.3 is 0 Å². The highest BCUT2D eigenvalue weighted by atomic mass is 19.1. The zero-order valence-electron chi connectivity index (χ0n) is 10.5. The van der Waals surface area contributed by atoms with Gasteiger partial charge in [-0.1, -0.05) is 18.2 Å². The second-order valence-electron chi connectivity index (χ2n) is 4.19. The van der Waals surface area contributed by atoms with E-state index in [0.717, 1.165) is 5.56 Å². The number of nitrogens with zero attached hydrogens (tertiary/aromatic N) is 1. The Morgan fingerprint density at radius 3 is 2.79 bits per heavy atom. The normalized spacial score (nSPS) is 9.95. The molecule has 0 fully saturated rings. The number of nitrogen functional groups attached to an aromatic ring is 1. The summed E-state index contributed by atoms with van der Waals surface area (Å²) in [6.07, 6.45) is 0. The average molecular weight is 256 g/mol. The monoisotopic (exact) mass is 256 g/mol. The summed E-state index contributed by atoms with van der Waals surface area (Å²) in [4.78, 5) is 0. The number of para-hydroxylation sites is 1. The summed E-state index contributed by atoms with van der Waals surface area (Å²) < 4.78 is 19.2. The van der Waals surface area contributed by atoms with Crippen LogP contribution in [0.4, 0.5) is 10.1 Å². The number of hydrogen-bond donors (Lipinski definition) is 1. The van der Waals surface area contributed by atoms with Crippen LogP contribution >= 0.6 is 0 Å². The Balaban J connectivity index is 2.15. The van der Waals surface area contributed by atoms with Crippen LogP contribution in [-0.4, -0.2) is 0 Å². The molecule has 0 aliphatic carbocycles. The zero-order valence-corrected chi connectivity index (χ0v) is 10.5. The smallest absolute Gasteiger partial charge is 0.142 e. The van der Waals surface area contributed by atoms with Crippen LogP contribution in [0.15, 0.2) is 36.4 Å². The first-order chi connectivity index (χ1) is 9.11. The van der Waals surface area contributed by atoms with Crippen molar-refractivity contribution in [1.82, 2.24) is 0 Å². The molecule has 0 radical (unpaired) electrons. The van der Waals surface area contributed by atoms with Gasteiger partial charge in [-0.3, -0.25) is 0 Å². The molecule has 0 saturated carbocycles. The molecule has 0 amide bonds. The molecule has 19 heavy (non-hydrogen) atoms. The summed E-state index contributed by atoms with van der Waals surface area (Å²) in [6.45, 7) is 1.95. The lowest BCUT2D eigenvalue weighted by atomic mass is 10.1. The molecule has 2 aromatic carbocycles. The van der Waals surface area contributed by atoms with Crippen LogP contribution in [0.2, 0.25) is 0 Å². The van der Waals surface area contributed by atoms with Gasteiger partial charge in [-0.2, -0.15) is 5.26 Å². The standard InChI is InChI=1S/C15H13FN2O/c1-10-3-2-4-14(15(10)18)19-9-12-6-5-11(8-17)7-13(12)16/h2-7H,9,18H2,1H3. The van der Waals surface area contributed by atoms with Crippen molar-refractivity contribution in [3.05, 3.63) is 58.9 Å². The van der Waals surface area contributed by atoms with Gasteiger partial charge in [-0.15, -0.1) is 0 Å². The summed E-state index contributed by atoms with van der Waals surface area (Å²) >= 11 is 0. The lowest BCUT2D eigenvalue weighted by molar-refractivity contribution is 0.301. The summed E-state index contributed by atoms with van der Waals surface area (Å²) in [6, 6.07) is 11.6. The van der Waals surface area contributed by atoms with E-state index in [9.17, 15) is 4.39 Å². The van der Waals surface area contributed by atoms with Crippen LogP contribution in [0, 0.1) is 24.1 Å². The maximum absolute atomic E-state index is 13.7. The van der Waals surface area contributed by atoms with Gasteiger partial charge in [0.2, 0.25) is 0 Å². The first-order valence-corrected chi connectivity index (χ1v) is 5.78. The Labute approximate surface area is 111 Å². The fourth-order valence-electron chi connectivity index (χ4n) is 1.67. The number of aryl methyl sites for hydroxylation is 1. The molecule has 2 rings (SSSR count). The number of nitrogens with two attached hydrogens (primary N) is 1. The molecule has 0 aliphatic rings. The number of anilines is 1. The summed E-state index contributed by atoms with van der Waals surface area (Å²) in [5.41, 5.74) is 8.01. The van der Waals surface area contributed by atoms with Crippen molar-refractivity contribution in [2.45, 2.75) is 13.5 Å². The van der Waals surface area contributed by atoms with Gasteiger partial charge in [0.1, 0.15) is 18.2 Å². The van der Waals surface area contributed by atoms with Crippen molar-refractivity contribution >= 4 is 5.69 Å². The quantitative estimate of drug-likeness (QED) is 0.858. The number of halogens is 1. The molecular weight excluding hydrogens is 243 g/mol. The molecule has 0 spiro atoms. The molecule has 96 valence electrons. The predicted octanol–water partition coefficient (Wildman–Crippen LogP) is 3.17. The van der Waals surface area contributed by atoms with Crippen molar-refractivity contribution < 1.29 is 9.13 Å². The lowest BCUT2D eigenvalue weighted by Crippen LogP contribution is -2.02. The summed E-state index contributed by atoms with van der Waals surface area (Å²) in [5.74, 6) is 0.0778. The van der Waals surface area contributed by atoms with Crippen LogP contribution in [0.1, 0.15) is 16.7 Å². The van der Waals surface area contributed by atoms with Crippen molar-refractivity contribution in [1.29, 1.82) is 5.26 Å². The van der Waals surface area contributed by atoms with Crippen molar-refractivity contribution in [2.75, 3.05) is 5.73 Å². The first kappa shape index (κ1) is 12.9. The van der Waals surface area contributed by atoms with E-state index in [1.807, 2.05) is 25.1 Å².